The van der Waals surface area contributed by atoms with E-state index in [2.05, 4.69) is 58.3 Å². The van der Waals surface area contributed by atoms with Gasteiger partial charge in [0, 0.05) is 16.1 Å². The van der Waals surface area contributed by atoms with Crippen LogP contribution in [0.25, 0.3) is 0 Å². The third kappa shape index (κ3) is 7.27. The number of rotatable bonds is 14. The summed E-state index contributed by atoms with van der Waals surface area (Å²) in [5.41, 5.74) is 2.43. The number of carbonyl (C=O) groups is 1. The van der Waals surface area contributed by atoms with E-state index in [0.29, 0.717) is 18.1 Å². The minimum atomic E-state index is -2.02. The van der Waals surface area contributed by atoms with Crippen LogP contribution in [0.3, 0.4) is 0 Å². The summed E-state index contributed by atoms with van der Waals surface area (Å²) in [4.78, 5) is 15.1. The molecule has 3 atom stereocenters. The number of cyclic esters (lactones) is 1. The van der Waals surface area contributed by atoms with Gasteiger partial charge in [0.2, 0.25) is 0 Å². The summed E-state index contributed by atoms with van der Waals surface area (Å²) in [5.74, 6) is 0. The van der Waals surface area contributed by atoms with Crippen LogP contribution in [0.4, 0.5) is 4.79 Å². The average molecular weight is 542 g/mol. The fraction of sp³-hybridized carbons (Fsp3) is 0.516. The summed E-state index contributed by atoms with van der Waals surface area (Å²) < 4.78 is 12.6. The molecule has 6 heteroatoms. The Morgan fingerprint density at radius 2 is 1.78 bits per heavy atom. The van der Waals surface area contributed by atoms with Crippen LogP contribution in [-0.2, 0) is 15.6 Å². The van der Waals surface area contributed by atoms with E-state index < -0.39 is 13.7 Å². The Kier molecular flexibility index (Phi) is 10.5. The molecule has 37 heavy (non-hydrogen) atoms. The van der Waals surface area contributed by atoms with E-state index in [0.717, 1.165) is 43.4 Å². The van der Waals surface area contributed by atoms with Gasteiger partial charge in [0.1, 0.15) is 6.61 Å². The molecule has 1 aliphatic heterocycles. The third-order valence-corrected chi connectivity index (χ3v) is 8.70. The zero-order chi connectivity index (χ0) is 27.1. The minimum absolute atomic E-state index is 0.109. The number of ether oxygens (including phenoxy) is 1. The van der Waals surface area contributed by atoms with Crippen molar-refractivity contribution >= 4 is 26.0 Å². The molecule has 0 spiro atoms. The second-order valence-corrected chi connectivity index (χ2v) is 16.1. The van der Waals surface area contributed by atoms with Gasteiger partial charge in [-0.25, -0.2) is 4.79 Å². The highest BCUT2D eigenvalue weighted by atomic mass is 35.5. The van der Waals surface area contributed by atoms with Gasteiger partial charge in [-0.3, -0.25) is 4.90 Å². The van der Waals surface area contributed by atoms with Crippen LogP contribution >= 0.6 is 11.6 Å². The molecule has 2 aromatic rings. The monoisotopic (exact) mass is 541 g/mol. The van der Waals surface area contributed by atoms with Crippen LogP contribution in [0.15, 0.2) is 66.9 Å². The maximum atomic E-state index is 13.3. The van der Waals surface area contributed by atoms with Crippen LogP contribution in [0.5, 0.6) is 0 Å². The number of amides is 1. The fourth-order valence-corrected chi connectivity index (χ4v) is 6.74. The minimum Gasteiger partial charge on any atom is -0.447 e. The van der Waals surface area contributed by atoms with Crippen LogP contribution < -0.4 is 0 Å². The molecule has 2 aromatic carbocycles. The number of carbonyl (C=O) groups excluding carboxylic acids is 1. The van der Waals surface area contributed by atoms with Crippen molar-refractivity contribution in [1.29, 1.82) is 0 Å². The van der Waals surface area contributed by atoms with Crippen molar-refractivity contribution < 1.29 is 14.0 Å². The lowest BCUT2D eigenvalue weighted by Crippen LogP contribution is -2.46. The highest BCUT2D eigenvalue weighted by Gasteiger charge is 2.49. The lowest BCUT2D eigenvalue weighted by Gasteiger charge is -2.47. The van der Waals surface area contributed by atoms with E-state index in [1.807, 2.05) is 41.3 Å². The van der Waals surface area contributed by atoms with E-state index in [-0.39, 0.29) is 18.2 Å². The molecule has 0 aromatic heterocycles. The predicted octanol–water partition coefficient (Wildman–Crippen LogP) is 9.18. The zero-order valence-corrected chi connectivity index (χ0v) is 25.0. The van der Waals surface area contributed by atoms with Gasteiger partial charge >= 0.3 is 6.09 Å². The molecule has 0 bridgehead atoms. The number of hydrogen-bond acceptors (Lipinski definition) is 3. The lowest BCUT2D eigenvalue weighted by molar-refractivity contribution is 0.0329. The van der Waals surface area contributed by atoms with Crippen molar-refractivity contribution in [3.8, 4) is 0 Å². The molecule has 0 radical (unpaired) electrons. The first-order valence-corrected chi connectivity index (χ1v) is 17.5. The molecule has 202 valence electrons. The van der Waals surface area contributed by atoms with E-state index in [1.165, 1.54) is 12.0 Å². The molecule has 0 N–H and O–H groups in total. The topological polar surface area (TPSA) is 38.8 Å². The summed E-state index contributed by atoms with van der Waals surface area (Å²) in [6.45, 7) is 16.0. The summed E-state index contributed by atoms with van der Waals surface area (Å²) in [7, 11) is -2.02. The van der Waals surface area contributed by atoms with E-state index in [1.54, 1.807) is 0 Å². The molecule has 4 nitrogen and oxygen atoms in total. The summed E-state index contributed by atoms with van der Waals surface area (Å²) in [5, 5.41) is 0.690. The predicted molar refractivity (Wildman–Crippen MR) is 156 cm³/mol. The van der Waals surface area contributed by atoms with Crippen LogP contribution in [0.1, 0.15) is 69.6 Å². The van der Waals surface area contributed by atoms with Crippen molar-refractivity contribution in [2.24, 2.45) is 5.41 Å². The molecule has 3 rings (SSSR count). The van der Waals surface area contributed by atoms with E-state index in [4.69, 9.17) is 20.8 Å². The number of unbranched alkanes of at least 4 members (excludes halogenated alkanes) is 3. The SMILES string of the molecule is C=C(N1C(=O)OC[C@@H]1Cc1ccccc1)[C@@](CC)(CCCCCC)[C@H](O[Si](C)(C)C)c1ccccc1Cl. The quantitative estimate of drug-likeness (QED) is 0.177. The summed E-state index contributed by atoms with van der Waals surface area (Å²) in [6.07, 6.45) is 6.24. The Morgan fingerprint density at radius 1 is 1.11 bits per heavy atom. The van der Waals surface area contributed by atoms with Gasteiger partial charge in [0.25, 0.3) is 0 Å². The Hall–Kier alpha value is -2.08. The number of hydrogen-bond donors (Lipinski definition) is 0. The van der Waals surface area contributed by atoms with Gasteiger partial charge in [-0.2, -0.15) is 0 Å². The van der Waals surface area contributed by atoms with Gasteiger partial charge in [0.15, 0.2) is 8.32 Å². The number of nitrogens with zero attached hydrogens (tertiary/aromatic N) is 1. The van der Waals surface area contributed by atoms with Gasteiger partial charge in [-0.1, -0.05) is 106 Å². The van der Waals surface area contributed by atoms with E-state index >= 15 is 0 Å². The largest absolute Gasteiger partial charge is 0.447 e. The first kappa shape index (κ1) is 29.5. The van der Waals surface area contributed by atoms with Crippen molar-refractivity contribution in [2.45, 2.75) is 90.6 Å². The van der Waals surface area contributed by atoms with Crippen LogP contribution in [-0.4, -0.2) is 32.0 Å². The maximum absolute atomic E-state index is 13.3. The Balaban J connectivity index is 2.09. The zero-order valence-electron chi connectivity index (χ0n) is 23.3. The second kappa shape index (κ2) is 13.1. The molecule has 1 fully saturated rings. The molecule has 1 heterocycles. The van der Waals surface area contributed by atoms with Crippen molar-refractivity contribution in [1.82, 2.24) is 4.90 Å². The summed E-state index contributed by atoms with van der Waals surface area (Å²) in [6, 6.07) is 18.1. The molecule has 1 amide bonds. The molecule has 0 unspecified atom stereocenters. The van der Waals surface area contributed by atoms with Crippen LogP contribution in [0.2, 0.25) is 24.7 Å². The molecule has 1 aliphatic rings. The molecule has 1 saturated heterocycles. The molecule has 0 saturated carbocycles. The Morgan fingerprint density at radius 3 is 2.41 bits per heavy atom. The van der Waals surface area contributed by atoms with Crippen molar-refractivity contribution in [2.75, 3.05) is 6.61 Å². The number of halogens is 1. The lowest BCUT2D eigenvalue weighted by atomic mass is 9.70. The van der Waals surface area contributed by atoms with E-state index in [9.17, 15) is 4.79 Å². The first-order valence-electron chi connectivity index (χ1n) is 13.7. The van der Waals surface area contributed by atoms with Gasteiger partial charge < -0.3 is 9.16 Å². The fourth-order valence-electron chi connectivity index (χ4n) is 5.44. The molecular formula is C31H44ClNO3Si. The maximum Gasteiger partial charge on any atom is 0.414 e. The Labute approximate surface area is 230 Å². The van der Waals surface area contributed by atoms with Crippen molar-refractivity contribution in [3.05, 3.63) is 83.0 Å². The average Bonchev–Trinajstić information content (AvgIpc) is 3.23. The van der Waals surface area contributed by atoms with Crippen molar-refractivity contribution in [3.63, 3.8) is 0 Å². The van der Waals surface area contributed by atoms with Gasteiger partial charge in [0.05, 0.1) is 12.1 Å². The highest BCUT2D eigenvalue weighted by molar-refractivity contribution is 6.69. The highest BCUT2D eigenvalue weighted by Crippen LogP contribution is 2.53. The first-order chi connectivity index (χ1) is 17.6. The smallest absolute Gasteiger partial charge is 0.414 e. The normalized spacial score (nSPS) is 18.4. The standard InChI is InChI=1S/C31H44ClNO3Si/c1-7-9-10-16-21-31(8-2,29(36-37(4,5)6)27-19-14-15-20-28(27)32)24(3)33-26(23-35-30(33)34)22-25-17-12-11-13-18-25/h11-15,17-20,26,29H,3,7-10,16,21-23H2,1-2,4-6H3/t26-,29+,31+/m0/s1. The second-order valence-electron chi connectivity index (χ2n) is 11.2. The van der Waals surface area contributed by atoms with Gasteiger partial charge in [-0.15, -0.1) is 0 Å². The van der Waals surface area contributed by atoms with Crippen LogP contribution in [0, 0.1) is 5.41 Å². The summed E-state index contributed by atoms with van der Waals surface area (Å²) >= 11 is 6.82. The molecular weight excluding hydrogens is 498 g/mol. The third-order valence-electron chi connectivity index (χ3n) is 7.41. The van der Waals surface area contributed by atoms with Gasteiger partial charge in [-0.05, 0) is 56.1 Å². The number of benzene rings is 2. The molecule has 0 aliphatic carbocycles. The Bertz CT molecular complexity index is 1040.